The maximum atomic E-state index is 6.62. The highest BCUT2D eigenvalue weighted by atomic mass is 16.3. The first kappa shape index (κ1) is 30.1. The number of furan rings is 2. The molecule has 0 aliphatic carbocycles. The Morgan fingerprint density at radius 2 is 0.964 bits per heavy atom. The van der Waals surface area contributed by atoms with E-state index < -0.39 is 0 Å². The SMILES string of the molecule is c1ccc(-c2coc3cc4oc5cc(-c6c7ccccc7c(-c7cccc8c7c7ccccc7n8-c7ccccc7)c7ccccc67)ccc5c4cc23)cc1. The van der Waals surface area contributed by atoms with Crippen LogP contribution in [0.2, 0.25) is 0 Å². The Hall–Kier alpha value is -7.36. The fourth-order valence-electron chi connectivity index (χ4n) is 9.11. The van der Waals surface area contributed by atoms with Crippen LogP contribution in [-0.4, -0.2) is 4.57 Å². The van der Waals surface area contributed by atoms with Crippen LogP contribution in [0.5, 0.6) is 0 Å². The molecule has 3 nitrogen and oxygen atoms in total. The third kappa shape index (κ3) is 4.38. The minimum Gasteiger partial charge on any atom is -0.464 e. The average Bonchev–Trinajstić information content (AvgIpc) is 3.93. The zero-order chi connectivity index (χ0) is 36.0. The molecule has 0 saturated heterocycles. The molecule has 12 aromatic rings. The Balaban J connectivity index is 1.11. The van der Waals surface area contributed by atoms with Gasteiger partial charge in [-0.05, 0) is 91.8 Å². The molecular formula is C52H31NO2. The Kier molecular flexibility index (Phi) is 6.34. The molecule has 0 spiro atoms. The molecule has 9 aromatic carbocycles. The molecule has 0 aliphatic heterocycles. The van der Waals surface area contributed by atoms with E-state index in [2.05, 4.69) is 174 Å². The Labute approximate surface area is 315 Å². The largest absolute Gasteiger partial charge is 0.464 e. The minimum absolute atomic E-state index is 0.820. The van der Waals surface area contributed by atoms with E-state index in [1.54, 1.807) is 0 Å². The van der Waals surface area contributed by atoms with Crippen molar-refractivity contribution < 1.29 is 8.83 Å². The van der Waals surface area contributed by atoms with Crippen LogP contribution in [-0.2, 0) is 0 Å². The second kappa shape index (κ2) is 11.6. The molecule has 3 aromatic heterocycles. The number of nitrogens with zero attached hydrogens (tertiary/aromatic N) is 1. The normalized spacial score (nSPS) is 12.0. The van der Waals surface area contributed by atoms with Gasteiger partial charge in [0.05, 0.1) is 17.3 Å². The van der Waals surface area contributed by atoms with E-state index in [0.29, 0.717) is 0 Å². The van der Waals surface area contributed by atoms with Crippen LogP contribution in [0.3, 0.4) is 0 Å². The number of aromatic nitrogens is 1. The van der Waals surface area contributed by atoms with Gasteiger partial charge < -0.3 is 13.4 Å². The quantitative estimate of drug-likeness (QED) is 0.171. The summed E-state index contributed by atoms with van der Waals surface area (Å²) >= 11 is 0. The highest BCUT2D eigenvalue weighted by molar-refractivity contribution is 6.26. The van der Waals surface area contributed by atoms with Gasteiger partial charge in [0.1, 0.15) is 16.7 Å². The first-order valence-corrected chi connectivity index (χ1v) is 18.7. The molecule has 0 bridgehead atoms. The van der Waals surface area contributed by atoms with Crippen molar-refractivity contribution in [3.05, 3.63) is 188 Å². The third-order valence-corrected chi connectivity index (χ3v) is 11.5. The van der Waals surface area contributed by atoms with Crippen molar-refractivity contribution in [2.24, 2.45) is 0 Å². The summed E-state index contributed by atoms with van der Waals surface area (Å²) in [7, 11) is 0. The molecule has 0 amide bonds. The fraction of sp³-hybridized carbons (Fsp3) is 0. The molecule has 0 unspecified atom stereocenters. The lowest BCUT2D eigenvalue weighted by atomic mass is 9.85. The molecule has 55 heavy (non-hydrogen) atoms. The van der Waals surface area contributed by atoms with Crippen LogP contribution in [0, 0.1) is 0 Å². The van der Waals surface area contributed by atoms with Crippen molar-refractivity contribution in [3.63, 3.8) is 0 Å². The van der Waals surface area contributed by atoms with E-state index in [1.807, 2.05) is 18.4 Å². The van der Waals surface area contributed by atoms with Crippen LogP contribution in [0.4, 0.5) is 0 Å². The van der Waals surface area contributed by atoms with Gasteiger partial charge in [-0.3, -0.25) is 0 Å². The number of benzene rings is 9. The third-order valence-electron chi connectivity index (χ3n) is 11.5. The van der Waals surface area contributed by atoms with Gasteiger partial charge in [-0.25, -0.2) is 0 Å². The number of rotatable bonds is 4. The zero-order valence-corrected chi connectivity index (χ0v) is 29.7. The van der Waals surface area contributed by atoms with Gasteiger partial charge in [0.2, 0.25) is 0 Å². The van der Waals surface area contributed by atoms with E-state index in [4.69, 9.17) is 8.83 Å². The molecule has 0 saturated carbocycles. The molecule has 0 aliphatic rings. The van der Waals surface area contributed by atoms with Crippen LogP contribution in [0.25, 0.3) is 115 Å². The van der Waals surface area contributed by atoms with Crippen molar-refractivity contribution in [2.45, 2.75) is 0 Å². The molecular weight excluding hydrogens is 671 g/mol. The summed E-state index contributed by atoms with van der Waals surface area (Å²) in [4.78, 5) is 0. The van der Waals surface area contributed by atoms with E-state index in [1.165, 1.54) is 60.0 Å². The van der Waals surface area contributed by atoms with Gasteiger partial charge in [0.15, 0.2) is 0 Å². The monoisotopic (exact) mass is 701 g/mol. The van der Waals surface area contributed by atoms with Crippen LogP contribution in [0.15, 0.2) is 197 Å². The maximum Gasteiger partial charge on any atom is 0.139 e. The number of fused-ring (bicyclic) bond motifs is 9. The Morgan fingerprint density at radius 1 is 0.345 bits per heavy atom. The number of para-hydroxylation sites is 2. The minimum atomic E-state index is 0.820. The van der Waals surface area contributed by atoms with Crippen molar-refractivity contribution in [1.29, 1.82) is 0 Å². The Bertz CT molecular complexity index is 3420. The zero-order valence-electron chi connectivity index (χ0n) is 29.7. The predicted octanol–water partition coefficient (Wildman–Crippen LogP) is 14.7. The van der Waals surface area contributed by atoms with E-state index >= 15 is 0 Å². The fourth-order valence-corrected chi connectivity index (χ4v) is 9.11. The van der Waals surface area contributed by atoms with Crippen LogP contribution in [0.1, 0.15) is 0 Å². The first-order chi connectivity index (χ1) is 27.3. The lowest BCUT2D eigenvalue weighted by molar-refractivity contribution is 0.614. The van der Waals surface area contributed by atoms with Crippen LogP contribution < -0.4 is 0 Å². The summed E-state index contributed by atoms with van der Waals surface area (Å²) in [6.45, 7) is 0. The van der Waals surface area contributed by atoms with Gasteiger partial charge >= 0.3 is 0 Å². The summed E-state index contributed by atoms with van der Waals surface area (Å²) in [6, 6.07) is 65.4. The molecule has 12 rings (SSSR count). The summed E-state index contributed by atoms with van der Waals surface area (Å²) in [5.41, 5.74) is 13.1. The summed E-state index contributed by atoms with van der Waals surface area (Å²) in [5, 5.41) is 10.6. The number of hydrogen-bond acceptors (Lipinski definition) is 2. The van der Waals surface area contributed by atoms with E-state index in [9.17, 15) is 0 Å². The summed E-state index contributed by atoms with van der Waals surface area (Å²) < 4.78 is 15.1. The molecule has 0 radical (unpaired) electrons. The summed E-state index contributed by atoms with van der Waals surface area (Å²) in [6.07, 6.45) is 1.85. The molecule has 0 atom stereocenters. The molecule has 256 valence electrons. The highest BCUT2D eigenvalue weighted by Crippen LogP contribution is 2.48. The number of hydrogen-bond donors (Lipinski definition) is 0. The van der Waals surface area contributed by atoms with Crippen molar-refractivity contribution in [1.82, 2.24) is 4.57 Å². The van der Waals surface area contributed by atoms with Gasteiger partial charge in [-0.15, -0.1) is 0 Å². The summed E-state index contributed by atoms with van der Waals surface area (Å²) in [5.74, 6) is 0. The smallest absolute Gasteiger partial charge is 0.139 e. The van der Waals surface area contributed by atoms with E-state index in [0.717, 1.165) is 55.3 Å². The Morgan fingerprint density at radius 3 is 1.71 bits per heavy atom. The molecule has 0 fully saturated rings. The van der Waals surface area contributed by atoms with Crippen molar-refractivity contribution >= 4 is 76.3 Å². The van der Waals surface area contributed by atoms with Crippen molar-refractivity contribution in [3.8, 4) is 39.1 Å². The van der Waals surface area contributed by atoms with Gasteiger partial charge in [0.25, 0.3) is 0 Å². The highest BCUT2D eigenvalue weighted by Gasteiger charge is 2.22. The van der Waals surface area contributed by atoms with E-state index in [-0.39, 0.29) is 0 Å². The van der Waals surface area contributed by atoms with Gasteiger partial charge in [0, 0.05) is 44.2 Å². The lowest BCUT2D eigenvalue weighted by Gasteiger charge is -2.18. The topological polar surface area (TPSA) is 31.2 Å². The molecule has 3 heteroatoms. The first-order valence-electron chi connectivity index (χ1n) is 18.7. The van der Waals surface area contributed by atoms with Crippen LogP contribution >= 0.6 is 0 Å². The molecule has 3 heterocycles. The van der Waals surface area contributed by atoms with Gasteiger partial charge in [-0.2, -0.15) is 0 Å². The lowest BCUT2D eigenvalue weighted by Crippen LogP contribution is -1.93. The average molecular weight is 702 g/mol. The molecule has 0 N–H and O–H groups in total. The second-order valence-electron chi connectivity index (χ2n) is 14.4. The van der Waals surface area contributed by atoms with Gasteiger partial charge in [-0.1, -0.05) is 133 Å². The predicted molar refractivity (Wildman–Crippen MR) is 229 cm³/mol. The standard InChI is InChI=1S/C52H31NO2/c1-3-14-32(15-4-1)44-31-54-47-30-49-42(29-43(44)47)35-27-26-33(28-48(35)55-49)50-36-18-7-9-20-38(36)51(39-21-10-8-19-37(39)50)41-23-13-25-46-52(41)40-22-11-12-24-45(40)53(46)34-16-5-2-6-17-34/h1-31H. The van der Waals surface area contributed by atoms with Crippen molar-refractivity contribution in [2.75, 3.05) is 0 Å². The second-order valence-corrected chi connectivity index (χ2v) is 14.4. The maximum absolute atomic E-state index is 6.62.